The SMILES string of the molecule is COc1ccc(/C=N\Nc2nc3c(c(=O)[nH]c(=O)n3C)n2C[C@@H](O)COc2ccccc2C)cc1OC. The van der Waals surface area contributed by atoms with E-state index in [1.165, 1.54) is 29.5 Å². The van der Waals surface area contributed by atoms with Crippen LogP contribution in [0.5, 0.6) is 17.2 Å². The molecule has 0 saturated carbocycles. The number of hydrazone groups is 1. The molecule has 0 bridgehead atoms. The van der Waals surface area contributed by atoms with Gasteiger partial charge in [-0.1, -0.05) is 18.2 Å². The highest BCUT2D eigenvalue weighted by Crippen LogP contribution is 2.27. The second-order valence-corrected chi connectivity index (χ2v) is 8.25. The van der Waals surface area contributed by atoms with Crippen molar-refractivity contribution in [2.75, 3.05) is 26.3 Å². The maximum atomic E-state index is 12.7. The zero-order chi connectivity index (χ0) is 26.5. The van der Waals surface area contributed by atoms with Crippen LogP contribution in [0.2, 0.25) is 0 Å². The lowest BCUT2D eigenvalue weighted by Gasteiger charge is -2.16. The summed E-state index contributed by atoms with van der Waals surface area (Å²) in [6.07, 6.45) is 0.538. The topological polar surface area (TPSA) is 145 Å². The molecule has 0 unspecified atom stereocenters. The summed E-state index contributed by atoms with van der Waals surface area (Å²) in [5.74, 6) is 1.93. The third kappa shape index (κ3) is 5.48. The normalized spacial score (nSPS) is 12.1. The number of aliphatic hydroxyl groups excluding tert-OH is 1. The molecule has 0 aliphatic rings. The number of rotatable bonds is 10. The molecule has 2 aromatic heterocycles. The van der Waals surface area contributed by atoms with Crippen molar-refractivity contribution in [2.24, 2.45) is 12.1 Å². The number of benzene rings is 2. The fourth-order valence-corrected chi connectivity index (χ4v) is 3.76. The molecule has 0 aliphatic heterocycles. The number of nitrogens with one attached hydrogen (secondary N) is 2. The number of fused-ring (bicyclic) bond motifs is 1. The highest BCUT2D eigenvalue weighted by atomic mass is 16.5. The van der Waals surface area contributed by atoms with Gasteiger partial charge in [0.2, 0.25) is 5.95 Å². The van der Waals surface area contributed by atoms with Gasteiger partial charge in [0.05, 0.1) is 27.0 Å². The molecular formula is C25H28N6O6. The summed E-state index contributed by atoms with van der Waals surface area (Å²) in [4.78, 5) is 31.5. The largest absolute Gasteiger partial charge is 0.493 e. The van der Waals surface area contributed by atoms with Crippen molar-refractivity contribution in [3.8, 4) is 17.2 Å². The number of aryl methyl sites for hydroxylation is 2. The van der Waals surface area contributed by atoms with E-state index in [0.29, 0.717) is 22.8 Å². The Bertz CT molecular complexity index is 1550. The van der Waals surface area contributed by atoms with Gasteiger partial charge in [-0.15, -0.1) is 0 Å². The van der Waals surface area contributed by atoms with E-state index in [9.17, 15) is 14.7 Å². The molecule has 4 rings (SSSR count). The zero-order valence-corrected chi connectivity index (χ0v) is 20.9. The maximum absolute atomic E-state index is 12.7. The first-order chi connectivity index (χ1) is 17.8. The minimum Gasteiger partial charge on any atom is -0.493 e. The summed E-state index contributed by atoms with van der Waals surface area (Å²) in [7, 11) is 4.58. The maximum Gasteiger partial charge on any atom is 0.329 e. The lowest BCUT2D eigenvalue weighted by atomic mass is 10.2. The van der Waals surface area contributed by atoms with Crippen molar-refractivity contribution < 1.29 is 19.3 Å². The molecule has 0 aliphatic carbocycles. The Hall–Kier alpha value is -4.58. The average Bonchev–Trinajstić information content (AvgIpc) is 3.25. The van der Waals surface area contributed by atoms with Gasteiger partial charge >= 0.3 is 5.69 Å². The van der Waals surface area contributed by atoms with E-state index >= 15 is 0 Å². The number of methoxy groups -OCH3 is 2. The molecule has 2 heterocycles. The molecule has 0 amide bonds. The standard InChI is InChI=1S/C25H28N6O6/c1-15-7-5-6-8-18(15)37-14-17(32)13-31-21-22(30(2)25(34)28-23(21)33)27-24(31)29-26-12-16-9-10-19(35-3)20(11-16)36-4/h5-12,17,32H,13-14H2,1-4H3,(H,27,29)(H,28,33,34)/b26-12-/t17-/m1/s1. The van der Waals surface area contributed by atoms with Gasteiger partial charge in [0.1, 0.15) is 18.5 Å². The summed E-state index contributed by atoms with van der Waals surface area (Å²) >= 11 is 0. The predicted molar refractivity (Wildman–Crippen MR) is 139 cm³/mol. The van der Waals surface area contributed by atoms with Gasteiger partial charge in [0.25, 0.3) is 5.56 Å². The van der Waals surface area contributed by atoms with Crippen molar-refractivity contribution in [3.63, 3.8) is 0 Å². The first-order valence-corrected chi connectivity index (χ1v) is 11.4. The van der Waals surface area contributed by atoms with Crippen molar-refractivity contribution in [2.45, 2.75) is 19.6 Å². The van der Waals surface area contributed by atoms with E-state index in [0.717, 1.165) is 5.56 Å². The molecule has 4 aromatic rings. The molecule has 12 heteroatoms. The number of para-hydroxylation sites is 1. The summed E-state index contributed by atoms with van der Waals surface area (Å²) in [5.41, 5.74) is 3.47. The number of hydrogen-bond acceptors (Lipinski definition) is 9. The number of aliphatic hydroxyl groups is 1. The van der Waals surface area contributed by atoms with Crippen LogP contribution < -0.4 is 30.9 Å². The first-order valence-electron chi connectivity index (χ1n) is 11.4. The lowest BCUT2D eigenvalue weighted by Crippen LogP contribution is -2.30. The van der Waals surface area contributed by atoms with Crippen LogP contribution in [0, 0.1) is 6.92 Å². The third-order valence-electron chi connectivity index (χ3n) is 5.71. The first kappa shape index (κ1) is 25.5. The monoisotopic (exact) mass is 508 g/mol. The summed E-state index contributed by atoms with van der Waals surface area (Å²) in [5, 5.41) is 15.0. The summed E-state index contributed by atoms with van der Waals surface area (Å²) in [6, 6.07) is 12.7. The van der Waals surface area contributed by atoms with E-state index in [2.05, 4.69) is 20.5 Å². The molecule has 0 spiro atoms. The average molecular weight is 509 g/mol. The Kier molecular flexibility index (Phi) is 7.58. The molecule has 194 valence electrons. The van der Waals surface area contributed by atoms with Crippen molar-refractivity contribution in [1.82, 2.24) is 19.1 Å². The minimum atomic E-state index is -0.996. The molecule has 2 aromatic carbocycles. The van der Waals surface area contributed by atoms with Gasteiger partial charge < -0.3 is 23.9 Å². The minimum absolute atomic E-state index is 0.0253. The molecule has 3 N–H and O–H groups in total. The van der Waals surface area contributed by atoms with Crippen LogP contribution in [-0.2, 0) is 13.6 Å². The quantitative estimate of drug-likeness (QED) is 0.217. The van der Waals surface area contributed by atoms with Gasteiger partial charge in [-0.25, -0.2) is 10.2 Å². The zero-order valence-electron chi connectivity index (χ0n) is 20.9. The third-order valence-corrected chi connectivity index (χ3v) is 5.71. The predicted octanol–water partition coefficient (Wildman–Crippen LogP) is 1.63. The van der Waals surface area contributed by atoms with Crippen LogP contribution in [0.3, 0.4) is 0 Å². The number of hydrogen-bond donors (Lipinski definition) is 3. The number of H-pyrrole nitrogens is 1. The van der Waals surface area contributed by atoms with E-state index in [1.54, 1.807) is 25.3 Å². The van der Waals surface area contributed by atoms with Crippen LogP contribution in [0.15, 0.2) is 57.2 Å². The van der Waals surface area contributed by atoms with Gasteiger partial charge in [-0.3, -0.25) is 14.3 Å². The molecule has 0 saturated heterocycles. The van der Waals surface area contributed by atoms with Crippen LogP contribution >= 0.6 is 0 Å². The van der Waals surface area contributed by atoms with Crippen LogP contribution in [0.1, 0.15) is 11.1 Å². The highest BCUT2D eigenvalue weighted by Gasteiger charge is 2.20. The second kappa shape index (κ2) is 11.0. The lowest BCUT2D eigenvalue weighted by molar-refractivity contribution is 0.0935. The van der Waals surface area contributed by atoms with E-state index in [1.807, 2.05) is 31.2 Å². The smallest absolute Gasteiger partial charge is 0.329 e. The Morgan fingerprint density at radius 1 is 1.14 bits per heavy atom. The van der Waals surface area contributed by atoms with E-state index in [-0.39, 0.29) is 30.3 Å². The molecule has 0 fully saturated rings. The van der Waals surface area contributed by atoms with Crippen LogP contribution in [0.25, 0.3) is 11.2 Å². The number of ether oxygens (including phenoxy) is 3. The number of aromatic nitrogens is 4. The van der Waals surface area contributed by atoms with Crippen molar-refractivity contribution in [1.29, 1.82) is 0 Å². The molecular weight excluding hydrogens is 480 g/mol. The van der Waals surface area contributed by atoms with Gasteiger partial charge in [0.15, 0.2) is 22.7 Å². The molecule has 1 atom stereocenters. The molecule has 37 heavy (non-hydrogen) atoms. The summed E-state index contributed by atoms with van der Waals surface area (Å²) in [6.45, 7) is 1.84. The van der Waals surface area contributed by atoms with E-state index in [4.69, 9.17) is 14.2 Å². The Morgan fingerprint density at radius 2 is 1.89 bits per heavy atom. The van der Waals surface area contributed by atoms with Crippen LogP contribution in [-0.4, -0.2) is 57.4 Å². The fraction of sp³-hybridized carbons (Fsp3) is 0.280. The number of anilines is 1. The van der Waals surface area contributed by atoms with Crippen molar-refractivity contribution in [3.05, 3.63) is 74.4 Å². The van der Waals surface area contributed by atoms with Crippen molar-refractivity contribution >= 4 is 23.3 Å². The Labute approximate surface area is 211 Å². The Balaban J connectivity index is 1.62. The van der Waals surface area contributed by atoms with E-state index < -0.39 is 17.4 Å². The summed E-state index contributed by atoms with van der Waals surface area (Å²) < 4.78 is 19.0. The molecule has 0 radical (unpaired) electrons. The molecule has 12 nitrogen and oxygen atoms in total. The fourth-order valence-electron chi connectivity index (χ4n) is 3.76. The Morgan fingerprint density at radius 3 is 2.62 bits per heavy atom. The highest BCUT2D eigenvalue weighted by molar-refractivity contribution is 5.82. The van der Waals surface area contributed by atoms with Gasteiger partial charge in [-0.05, 0) is 42.3 Å². The van der Waals surface area contributed by atoms with Gasteiger partial charge in [0, 0.05) is 7.05 Å². The number of nitrogens with zero attached hydrogens (tertiary/aromatic N) is 4. The van der Waals surface area contributed by atoms with Crippen LogP contribution in [0.4, 0.5) is 5.95 Å². The van der Waals surface area contributed by atoms with Gasteiger partial charge in [-0.2, -0.15) is 10.1 Å². The number of imidazole rings is 1. The number of aromatic amines is 1. The second-order valence-electron chi connectivity index (χ2n) is 8.25.